The second-order valence-corrected chi connectivity index (χ2v) is 8.50. The second kappa shape index (κ2) is 6.88. The number of hydrogen-bond donors (Lipinski definition) is 0. The van der Waals surface area contributed by atoms with Crippen molar-refractivity contribution >= 4 is 49.6 Å². The molecule has 0 fully saturated rings. The number of nitrogens with zero attached hydrogens (tertiary/aromatic N) is 4. The predicted molar refractivity (Wildman–Crippen MR) is 112 cm³/mol. The van der Waals surface area contributed by atoms with Crippen LogP contribution in [0.15, 0.2) is 69.5 Å². The zero-order valence-electron chi connectivity index (χ0n) is 13.9. The van der Waals surface area contributed by atoms with Crippen LogP contribution in [-0.4, -0.2) is 19.4 Å². The number of thiazole rings is 1. The molecular formula is C19H12N4OS3. The maximum absolute atomic E-state index is 12.2. The minimum atomic E-state index is -0.0507. The maximum Gasteiger partial charge on any atom is 0.258 e. The van der Waals surface area contributed by atoms with Gasteiger partial charge in [-0.3, -0.25) is 9.20 Å². The second-order valence-electron chi connectivity index (χ2n) is 5.80. The van der Waals surface area contributed by atoms with Gasteiger partial charge in [-0.2, -0.15) is 0 Å². The molecule has 4 aromatic heterocycles. The Kier molecular flexibility index (Phi) is 4.23. The molecule has 27 heavy (non-hydrogen) atoms. The Bertz CT molecular complexity index is 1310. The normalized spacial score (nSPS) is 11.4. The molecule has 0 bridgehead atoms. The van der Waals surface area contributed by atoms with Crippen molar-refractivity contribution in [1.82, 2.24) is 19.4 Å². The van der Waals surface area contributed by atoms with Crippen molar-refractivity contribution in [2.75, 3.05) is 0 Å². The van der Waals surface area contributed by atoms with Gasteiger partial charge in [-0.05, 0) is 5.56 Å². The summed E-state index contributed by atoms with van der Waals surface area (Å²) >= 11 is 4.66. The fourth-order valence-corrected chi connectivity index (χ4v) is 5.52. The van der Waals surface area contributed by atoms with Gasteiger partial charge in [-0.25, -0.2) is 15.0 Å². The highest BCUT2D eigenvalue weighted by molar-refractivity contribution is 7.98. The highest BCUT2D eigenvalue weighted by Gasteiger charge is 2.14. The van der Waals surface area contributed by atoms with Crippen LogP contribution in [0.2, 0.25) is 0 Å². The average molecular weight is 409 g/mol. The van der Waals surface area contributed by atoms with E-state index in [4.69, 9.17) is 0 Å². The molecule has 8 heteroatoms. The molecule has 0 unspecified atom stereocenters. The van der Waals surface area contributed by atoms with Gasteiger partial charge in [-0.15, -0.1) is 22.7 Å². The number of thioether (sulfide) groups is 1. The molecule has 0 radical (unpaired) electrons. The van der Waals surface area contributed by atoms with Gasteiger partial charge in [0, 0.05) is 34.3 Å². The minimum Gasteiger partial charge on any atom is -0.269 e. The summed E-state index contributed by atoms with van der Waals surface area (Å²) in [5.41, 5.74) is 3.00. The molecule has 0 N–H and O–H groups in total. The van der Waals surface area contributed by atoms with Gasteiger partial charge < -0.3 is 0 Å². The SMILES string of the molecule is O=c1cc(CSc2ncnc3scc(-c4ccccc4)c23)nc2sccn12. The number of aromatic nitrogens is 4. The van der Waals surface area contributed by atoms with E-state index in [1.54, 1.807) is 46.1 Å². The fraction of sp³-hybridized carbons (Fsp3) is 0.0526. The maximum atomic E-state index is 12.2. The molecule has 4 heterocycles. The van der Waals surface area contributed by atoms with E-state index in [-0.39, 0.29) is 5.56 Å². The van der Waals surface area contributed by atoms with Crippen LogP contribution in [0.3, 0.4) is 0 Å². The Morgan fingerprint density at radius 2 is 2.00 bits per heavy atom. The van der Waals surface area contributed by atoms with Crippen molar-refractivity contribution in [3.8, 4) is 11.1 Å². The zero-order chi connectivity index (χ0) is 18.2. The summed E-state index contributed by atoms with van der Waals surface area (Å²) in [6.07, 6.45) is 3.35. The molecule has 0 atom stereocenters. The van der Waals surface area contributed by atoms with Gasteiger partial charge in [0.1, 0.15) is 16.2 Å². The van der Waals surface area contributed by atoms with Crippen molar-refractivity contribution in [1.29, 1.82) is 0 Å². The van der Waals surface area contributed by atoms with Crippen LogP contribution in [0, 0.1) is 0 Å². The lowest BCUT2D eigenvalue weighted by Crippen LogP contribution is -2.12. The van der Waals surface area contributed by atoms with Gasteiger partial charge in [0.25, 0.3) is 5.56 Å². The first kappa shape index (κ1) is 16.6. The summed E-state index contributed by atoms with van der Waals surface area (Å²) in [6, 6.07) is 11.9. The highest BCUT2D eigenvalue weighted by atomic mass is 32.2. The Labute approximate surface area is 166 Å². The summed E-state index contributed by atoms with van der Waals surface area (Å²) in [5, 5.41) is 5.97. The van der Waals surface area contributed by atoms with E-state index < -0.39 is 0 Å². The van der Waals surface area contributed by atoms with Gasteiger partial charge in [0.15, 0.2) is 4.96 Å². The van der Waals surface area contributed by atoms with Crippen molar-refractivity contribution < 1.29 is 0 Å². The van der Waals surface area contributed by atoms with Crippen LogP contribution in [0.5, 0.6) is 0 Å². The molecule has 132 valence electrons. The average Bonchev–Trinajstić information content (AvgIpc) is 3.34. The number of benzene rings is 1. The first-order valence-electron chi connectivity index (χ1n) is 8.16. The molecular weight excluding hydrogens is 396 g/mol. The third-order valence-electron chi connectivity index (χ3n) is 4.13. The van der Waals surface area contributed by atoms with Crippen molar-refractivity contribution in [2.24, 2.45) is 0 Å². The lowest BCUT2D eigenvalue weighted by molar-refractivity contribution is 1.04. The van der Waals surface area contributed by atoms with Crippen molar-refractivity contribution in [2.45, 2.75) is 10.8 Å². The van der Waals surface area contributed by atoms with E-state index in [9.17, 15) is 4.79 Å². The van der Waals surface area contributed by atoms with Crippen LogP contribution in [0.4, 0.5) is 0 Å². The van der Waals surface area contributed by atoms with E-state index in [0.29, 0.717) is 10.7 Å². The van der Waals surface area contributed by atoms with Crippen LogP contribution >= 0.6 is 34.4 Å². The number of hydrogen-bond acceptors (Lipinski definition) is 7. The molecule has 0 aliphatic heterocycles. The molecule has 0 aliphatic carbocycles. The molecule has 5 nitrogen and oxygen atoms in total. The molecule has 0 saturated carbocycles. The van der Waals surface area contributed by atoms with Crippen molar-refractivity contribution in [3.63, 3.8) is 0 Å². The molecule has 5 aromatic rings. The summed E-state index contributed by atoms with van der Waals surface area (Å²) in [4.78, 5) is 27.4. The van der Waals surface area contributed by atoms with Crippen LogP contribution in [0.25, 0.3) is 26.3 Å². The fourth-order valence-electron chi connectivity index (χ4n) is 2.89. The summed E-state index contributed by atoms with van der Waals surface area (Å²) < 4.78 is 1.56. The number of rotatable bonds is 4. The van der Waals surface area contributed by atoms with Gasteiger partial charge in [0.2, 0.25) is 0 Å². The molecule has 5 rings (SSSR count). The van der Waals surface area contributed by atoms with Crippen LogP contribution in [0.1, 0.15) is 5.69 Å². The number of thiophene rings is 1. The Hall–Kier alpha value is -2.55. The molecule has 0 amide bonds. The minimum absolute atomic E-state index is 0.0507. The van der Waals surface area contributed by atoms with Crippen LogP contribution < -0.4 is 5.56 Å². The summed E-state index contributed by atoms with van der Waals surface area (Å²) in [6.45, 7) is 0. The standard InChI is InChI=1S/C19H12N4OS3/c24-15-8-13(22-19-23(15)6-7-25-19)9-26-17-16-14(12-4-2-1-3-5-12)10-27-18(16)21-11-20-17/h1-8,10-11H,9H2. The third kappa shape index (κ3) is 3.05. The largest absolute Gasteiger partial charge is 0.269 e. The zero-order valence-corrected chi connectivity index (χ0v) is 16.4. The lowest BCUT2D eigenvalue weighted by atomic mass is 10.1. The molecule has 0 aliphatic rings. The van der Waals surface area contributed by atoms with E-state index >= 15 is 0 Å². The van der Waals surface area contributed by atoms with E-state index in [1.165, 1.54) is 11.3 Å². The van der Waals surface area contributed by atoms with Crippen LogP contribution in [-0.2, 0) is 5.75 Å². The molecule has 0 spiro atoms. The Balaban J connectivity index is 1.53. The third-order valence-corrected chi connectivity index (χ3v) is 6.80. The van der Waals surface area contributed by atoms with E-state index in [1.807, 2.05) is 23.6 Å². The Morgan fingerprint density at radius 3 is 2.89 bits per heavy atom. The van der Waals surface area contributed by atoms with Crippen molar-refractivity contribution in [3.05, 3.63) is 75.7 Å². The quantitative estimate of drug-likeness (QED) is 0.318. The first-order chi connectivity index (χ1) is 13.3. The lowest BCUT2D eigenvalue weighted by Gasteiger charge is -2.05. The monoisotopic (exact) mass is 408 g/mol. The van der Waals surface area contributed by atoms with Gasteiger partial charge in [0.05, 0.1) is 11.1 Å². The predicted octanol–water partition coefficient (Wildman–Crippen LogP) is 4.72. The van der Waals surface area contributed by atoms with Gasteiger partial charge >= 0.3 is 0 Å². The van der Waals surface area contributed by atoms with E-state index in [2.05, 4.69) is 32.5 Å². The Morgan fingerprint density at radius 1 is 1.11 bits per heavy atom. The first-order valence-corrected chi connectivity index (χ1v) is 10.9. The van der Waals surface area contributed by atoms with Gasteiger partial charge in [-0.1, -0.05) is 42.1 Å². The number of fused-ring (bicyclic) bond motifs is 2. The molecule has 1 aromatic carbocycles. The topological polar surface area (TPSA) is 60.2 Å². The summed E-state index contributed by atoms with van der Waals surface area (Å²) in [5.74, 6) is 0.583. The smallest absolute Gasteiger partial charge is 0.258 e. The highest BCUT2D eigenvalue weighted by Crippen LogP contribution is 2.38. The molecule has 0 saturated heterocycles. The van der Waals surface area contributed by atoms with E-state index in [0.717, 1.165) is 32.1 Å². The summed E-state index contributed by atoms with van der Waals surface area (Å²) in [7, 11) is 0.